The summed E-state index contributed by atoms with van der Waals surface area (Å²) in [5.74, 6) is 2.74. The highest BCUT2D eigenvalue weighted by atomic mass is 16.5. The number of aromatic nitrogens is 1. The van der Waals surface area contributed by atoms with Gasteiger partial charge < -0.3 is 19.9 Å². The first kappa shape index (κ1) is 20.9. The SMILES string of the molecule is CCNC(=NCc1ccnc(N2CCCCCC2)c1)N1CCC(COCC)C1. The molecule has 2 aliphatic heterocycles. The summed E-state index contributed by atoms with van der Waals surface area (Å²) >= 11 is 0. The zero-order chi connectivity index (χ0) is 19.6. The smallest absolute Gasteiger partial charge is 0.194 e. The molecule has 6 heteroatoms. The molecule has 2 fully saturated rings. The number of guanidine groups is 1. The van der Waals surface area contributed by atoms with Gasteiger partial charge in [-0.2, -0.15) is 0 Å². The van der Waals surface area contributed by atoms with Crippen LogP contribution in [0.5, 0.6) is 0 Å². The standard InChI is InChI=1S/C22H37N5O/c1-3-23-22(27-14-10-20(17-27)18-28-4-2)25-16-19-9-11-24-21(15-19)26-12-7-5-6-8-13-26/h9,11,15,20H,3-8,10,12-14,16-18H2,1-2H3,(H,23,25). The van der Waals surface area contributed by atoms with Gasteiger partial charge in [-0.25, -0.2) is 9.98 Å². The molecule has 0 saturated carbocycles. The molecule has 0 aromatic carbocycles. The van der Waals surface area contributed by atoms with Crippen LogP contribution in [-0.2, 0) is 11.3 Å². The van der Waals surface area contributed by atoms with E-state index in [-0.39, 0.29) is 0 Å². The largest absolute Gasteiger partial charge is 0.381 e. The monoisotopic (exact) mass is 387 g/mol. The van der Waals surface area contributed by atoms with Gasteiger partial charge in [-0.3, -0.25) is 0 Å². The summed E-state index contributed by atoms with van der Waals surface area (Å²) in [7, 11) is 0. The molecule has 0 spiro atoms. The van der Waals surface area contributed by atoms with Gasteiger partial charge in [0.05, 0.1) is 13.2 Å². The van der Waals surface area contributed by atoms with Crippen molar-refractivity contribution >= 4 is 11.8 Å². The number of ether oxygens (including phenoxy) is 1. The lowest BCUT2D eigenvalue weighted by Gasteiger charge is -2.22. The Balaban J connectivity index is 1.62. The molecule has 1 N–H and O–H groups in total. The molecule has 6 nitrogen and oxygen atoms in total. The van der Waals surface area contributed by atoms with Gasteiger partial charge in [-0.05, 0) is 50.8 Å². The highest BCUT2D eigenvalue weighted by Gasteiger charge is 2.24. The molecule has 0 amide bonds. The molecular weight excluding hydrogens is 350 g/mol. The maximum Gasteiger partial charge on any atom is 0.194 e. The zero-order valence-corrected chi connectivity index (χ0v) is 17.7. The van der Waals surface area contributed by atoms with E-state index in [9.17, 15) is 0 Å². The second-order valence-corrected chi connectivity index (χ2v) is 7.85. The Kier molecular flexibility index (Phi) is 8.40. The van der Waals surface area contributed by atoms with Gasteiger partial charge in [-0.1, -0.05) is 12.8 Å². The third-order valence-corrected chi connectivity index (χ3v) is 5.63. The summed E-state index contributed by atoms with van der Waals surface area (Å²) in [4.78, 5) is 14.4. The predicted molar refractivity (Wildman–Crippen MR) is 116 cm³/mol. The van der Waals surface area contributed by atoms with Gasteiger partial charge in [0.2, 0.25) is 0 Å². The molecule has 1 atom stereocenters. The summed E-state index contributed by atoms with van der Waals surface area (Å²) < 4.78 is 5.62. The summed E-state index contributed by atoms with van der Waals surface area (Å²) in [5, 5.41) is 3.47. The van der Waals surface area contributed by atoms with Gasteiger partial charge in [0.25, 0.3) is 0 Å². The third kappa shape index (κ3) is 6.09. The molecule has 156 valence electrons. The lowest BCUT2D eigenvalue weighted by atomic mass is 10.1. The van der Waals surface area contributed by atoms with E-state index in [0.29, 0.717) is 12.5 Å². The van der Waals surface area contributed by atoms with Crippen molar-refractivity contribution in [2.45, 2.75) is 52.5 Å². The molecule has 0 radical (unpaired) electrons. The Hall–Kier alpha value is -1.82. The van der Waals surface area contributed by atoms with Crippen LogP contribution in [0.3, 0.4) is 0 Å². The fourth-order valence-electron chi connectivity index (χ4n) is 4.07. The minimum atomic E-state index is 0.611. The summed E-state index contributed by atoms with van der Waals surface area (Å²) in [6.45, 7) is 11.8. The lowest BCUT2D eigenvalue weighted by Crippen LogP contribution is -2.40. The Morgan fingerprint density at radius 3 is 2.79 bits per heavy atom. The van der Waals surface area contributed by atoms with Crippen LogP contribution in [0.4, 0.5) is 5.82 Å². The average molecular weight is 388 g/mol. The third-order valence-electron chi connectivity index (χ3n) is 5.63. The Bertz CT molecular complexity index is 613. The summed E-state index contributed by atoms with van der Waals surface area (Å²) in [6.07, 6.45) is 8.34. The van der Waals surface area contributed by atoms with Crippen LogP contribution in [0.15, 0.2) is 23.3 Å². The first-order chi connectivity index (χ1) is 13.8. The molecule has 0 aliphatic carbocycles. The normalized spacial score (nSPS) is 21.1. The Morgan fingerprint density at radius 1 is 1.21 bits per heavy atom. The van der Waals surface area contributed by atoms with Crippen LogP contribution in [0.2, 0.25) is 0 Å². The molecule has 28 heavy (non-hydrogen) atoms. The highest BCUT2D eigenvalue weighted by Crippen LogP contribution is 2.20. The molecule has 3 rings (SSSR count). The van der Waals surface area contributed by atoms with E-state index >= 15 is 0 Å². The van der Waals surface area contributed by atoms with Crippen LogP contribution < -0.4 is 10.2 Å². The van der Waals surface area contributed by atoms with E-state index in [0.717, 1.165) is 57.7 Å². The minimum absolute atomic E-state index is 0.611. The van der Waals surface area contributed by atoms with Gasteiger partial charge in [0.15, 0.2) is 5.96 Å². The van der Waals surface area contributed by atoms with Gasteiger partial charge >= 0.3 is 0 Å². The molecule has 1 aromatic rings. The van der Waals surface area contributed by atoms with E-state index in [1.54, 1.807) is 0 Å². The van der Waals surface area contributed by atoms with E-state index in [1.165, 1.54) is 37.7 Å². The summed E-state index contributed by atoms with van der Waals surface area (Å²) in [6, 6.07) is 4.32. The summed E-state index contributed by atoms with van der Waals surface area (Å²) in [5.41, 5.74) is 1.23. The van der Waals surface area contributed by atoms with Crippen LogP contribution >= 0.6 is 0 Å². The molecule has 3 heterocycles. The molecule has 2 saturated heterocycles. The minimum Gasteiger partial charge on any atom is -0.381 e. The molecular formula is C22H37N5O. The predicted octanol–water partition coefficient (Wildman–Crippen LogP) is 3.29. The van der Waals surface area contributed by atoms with Gasteiger partial charge in [-0.15, -0.1) is 0 Å². The lowest BCUT2D eigenvalue weighted by molar-refractivity contribution is 0.114. The number of pyridine rings is 1. The highest BCUT2D eigenvalue weighted by molar-refractivity contribution is 5.80. The first-order valence-electron chi connectivity index (χ1n) is 11.1. The van der Waals surface area contributed by atoms with E-state index < -0.39 is 0 Å². The number of aliphatic imine (C=N–C) groups is 1. The fourth-order valence-corrected chi connectivity index (χ4v) is 4.07. The van der Waals surface area contributed by atoms with Crippen molar-refractivity contribution in [3.63, 3.8) is 0 Å². The maximum absolute atomic E-state index is 5.62. The number of nitrogens with zero attached hydrogens (tertiary/aromatic N) is 4. The second kappa shape index (κ2) is 11.2. The van der Waals surface area contributed by atoms with Crippen molar-refractivity contribution in [2.24, 2.45) is 10.9 Å². The van der Waals surface area contributed by atoms with Crippen LogP contribution in [0.25, 0.3) is 0 Å². The number of likely N-dealkylation sites (tertiary alicyclic amines) is 1. The number of rotatable bonds is 7. The van der Waals surface area contributed by atoms with E-state index in [2.05, 4.69) is 46.1 Å². The van der Waals surface area contributed by atoms with E-state index in [1.807, 2.05) is 6.20 Å². The second-order valence-electron chi connectivity index (χ2n) is 7.85. The van der Waals surface area contributed by atoms with Crippen LogP contribution in [-0.4, -0.2) is 61.8 Å². The molecule has 2 aliphatic rings. The van der Waals surface area contributed by atoms with Crippen molar-refractivity contribution in [1.82, 2.24) is 15.2 Å². The van der Waals surface area contributed by atoms with Gasteiger partial charge in [0.1, 0.15) is 5.82 Å². The van der Waals surface area contributed by atoms with Gasteiger partial charge in [0, 0.05) is 51.4 Å². The number of hydrogen-bond donors (Lipinski definition) is 1. The fraction of sp³-hybridized carbons (Fsp3) is 0.727. The Labute approximate surface area is 170 Å². The molecule has 1 aromatic heterocycles. The zero-order valence-electron chi connectivity index (χ0n) is 17.7. The van der Waals surface area contributed by atoms with Crippen LogP contribution in [0.1, 0.15) is 51.5 Å². The maximum atomic E-state index is 5.62. The van der Waals surface area contributed by atoms with Crippen molar-refractivity contribution in [1.29, 1.82) is 0 Å². The number of hydrogen-bond acceptors (Lipinski definition) is 4. The molecule has 0 bridgehead atoms. The van der Waals surface area contributed by atoms with Crippen molar-refractivity contribution in [3.05, 3.63) is 23.9 Å². The first-order valence-corrected chi connectivity index (χ1v) is 11.1. The van der Waals surface area contributed by atoms with E-state index in [4.69, 9.17) is 9.73 Å². The van der Waals surface area contributed by atoms with Crippen molar-refractivity contribution in [2.75, 3.05) is 50.8 Å². The van der Waals surface area contributed by atoms with Crippen molar-refractivity contribution in [3.8, 4) is 0 Å². The average Bonchev–Trinajstić information content (AvgIpc) is 3.02. The number of anilines is 1. The van der Waals surface area contributed by atoms with Crippen molar-refractivity contribution < 1.29 is 4.74 Å². The topological polar surface area (TPSA) is 53.0 Å². The molecule has 1 unspecified atom stereocenters. The van der Waals surface area contributed by atoms with Crippen LogP contribution in [0, 0.1) is 5.92 Å². The Morgan fingerprint density at radius 2 is 2.04 bits per heavy atom. The quantitative estimate of drug-likeness (QED) is 0.575. The number of nitrogens with one attached hydrogen (secondary N) is 1.